The quantitative estimate of drug-likeness (QED) is 0.776. The highest BCUT2D eigenvalue weighted by Gasteiger charge is 2.24. The van der Waals surface area contributed by atoms with Gasteiger partial charge in [0.05, 0.1) is 0 Å². The predicted octanol–water partition coefficient (Wildman–Crippen LogP) is 4.37. The van der Waals surface area contributed by atoms with Crippen LogP contribution < -0.4 is 5.32 Å². The van der Waals surface area contributed by atoms with Gasteiger partial charge < -0.3 is 5.32 Å². The fourth-order valence-electron chi connectivity index (χ4n) is 3.79. The van der Waals surface area contributed by atoms with Crippen molar-refractivity contribution in [2.45, 2.75) is 57.4 Å². The molecule has 1 aromatic carbocycles. The van der Waals surface area contributed by atoms with E-state index < -0.39 is 0 Å². The first-order chi connectivity index (χ1) is 9.34. The summed E-state index contributed by atoms with van der Waals surface area (Å²) in [6.45, 7) is 1.08. The molecule has 1 atom stereocenters. The first-order valence-electron chi connectivity index (χ1n) is 7.85. The molecule has 1 fully saturated rings. The third-order valence-corrected chi connectivity index (χ3v) is 4.87. The molecule has 2 heteroatoms. The molecule has 0 amide bonds. The Morgan fingerprint density at radius 3 is 2.84 bits per heavy atom. The van der Waals surface area contributed by atoms with Gasteiger partial charge in [0.25, 0.3) is 0 Å². The molecule has 0 radical (unpaired) electrons. The highest BCUT2D eigenvalue weighted by molar-refractivity contribution is 5.35. The van der Waals surface area contributed by atoms with E-state index in [1.54, 1.807) is 6.07 Å². The first kappa shape index (κ1) is 13.1. The van der Waals surface area contributed by atoms with E-state index in [-0.39, 0.29) is 5.82 Å². The number of hydrogen-bond acceptors (Lipinski definition) is 1. The molecule has 19 heavy (non-hydrogen) atoms. The Balaban J connectivity index is 1.46. The minimum absolute atomic E-state index is 0.0206. The lowest BCUT2D eigenvalue weighted by atomic mass is 10.0. The van der Waals surface area contributed by atoms with Gasteiger partial charge in [-0.05, 0) is 55.3 Å². The van der Waals surface area contributed by atoms with E-state index in [9.17, 15) is 4.39 Å². The zero-order valence-electron chi connectivity index (χ0n) is 11.6. The molecule has 1 aromatic rings. The Morgan fingerprint density at radius 2 is 2.00 bits per heavy atom. The molecule has 0 bridgehead atoms. The first-order valence-corrected chi connectivity index (χ1v) is 7.85. The second kappa shape index (κ2) is 6.04. The van der Waals surface area contributed by atoms with Crippen LogP contribution in [0.4, 0.5) is 4.39 Å². The van der Waals surface area contributed by atoms with Gasteiger partial charge >= 0.3 is 0 Å². The summed E-state index contributed by atoms with van der Waals surface area (Å²) in [5.41, 5.74) is 2.14. The summed E-state index contributed by atoms with van der Waals surface area (Å²) in [7, 11) is 0. The summed E-state index contributed by atoms with van der Waals surface area (Å²) < 4.78 is 13.6. The minimum Gasteiger partial charge on any atom is -0.310 e. The van der Waals surface area contributed by atoms with E-state index in [1.165, 1.54) is 44.1 Å². The zero-order valence-corrected chi connectivity index (χ0v) is 11.6. The number of rotatable bonds is 5. The molecule has 2 aliphatic carbocycles. The maximum atomic E-state index is 13.6. The van der Waals surface area contributed by atoms with Crippen LogP contribution in [0.25, 0.3) is 0 Å². The van der Waals surface area contributed by atoms with Crippen molar-refractivity contribution in [1.29, 1.82) is 0 Å². The number of fused-ring (bicyclic) bond motifs is 1. The Bertz CT molecular complexity index is 423. The summed E-state index contributed by atoms with van der Waals surface area (Å²) in [6.07, 6.45) is 10.3. The van der Waals surface area contributed by atoms with Crippen LogP contribution in [0.5, 0.6) is 0 Å². The van der Waals surface area contributed by atoms with Gasteiger partial charge in [0.1, 0.15) is 5.82 Å². The van der Waals surface area contributed by atoms with E-state index in [2.05, 4.69) is 11.4 Å². The standard InChI is InChI=1S/C17H24FN/c18-16-9-3-8-15-14(16)10-11-17(15)19-12-4-7-13-5-1-2-6-13/h3,8-9,13,17,19H,1-2,4-7,10-12H2. The average molecular weight is 261 g/mol. The molecular weight excluding hydrogens is 237 g/mol. The number of nitrogens with one attached hydrogen (secondary N) is 1. The molecule has 2 aliphatic rings. The lowest BCUT2D eigenvalue weighted by molar-refractivity contribution is 0.447. The zero-order chi connectivity index (χ0) is 13.1. The van der Waals surface area contributed by atoms with Crippen molar-refractivity contribution < 1.29 is 4.39 Å². The van der Waals surface area contributed by atoms with Gasteiger partial charge in [0.2, 0.25) is 0 Å². The van der Waals surface area contributed by atoms with Crippen molar-refractivity contribution in [3.05, 3.63) is 35.1 Å². The van der Waals surface area contributed by atoms with Crippen LogP contribution in [0.1, 0.15) is 62.1 Å². The summed E-state index contributed by atoms with van der Waals surface area (Å²) in [5.74, 6) is 0.961. The van der Waals surface area contributed by atoms with Gasteiger partial charge in [-0.25, -0.2) is 4.39 Å². The van der Waals surface area contributed by atoms with Crippen LogP contribution in [0, 0.1) is 11.7 Å². The van der Waals surface area contributed by atoms with Crippen LogP contribution >= 0.6 is 0 Å². The summed E-state index contributed by atoms with van der Waals surface area (Å²) >= 11 is 0. The lowest BCUT2D eigenvalue weighted by Gasteiger charge is -2.15. The molecule has 0 heterocycles. The molecule has 1 unspecified atom stereocenters. The smallest absolute Gasteiger partial charge is 0.126 e. The van der Waals surface area contributed by atoms with Crippen LogP contribution in [0.15, 0.2) is 18.2 Å². The van der Waals surface area contributed by atoms with Gasteiger partial charge in [-0.1, -0.05) is 37.8 Å². The Hall–Kier alpha value is -0.890. The van der Waals surface area contributed by atoms with E-state index in [1.807, 2.05) is 6.07 Å². The molecule has 0 aliphatic heterocycles. The maximum absolute atomic E-state index is 13.6. The minimum atomic E-state index is -0.0206. The van der Waals surface area contributed by atoms with Crippen molar-refractivity contribution in [2.75, 3.05) is 6.54 Å². The number of hydrogen-bond donors (Lipinski definition) is 1. The highest BCUT2D eigenvalue weighted by Crippen LogP contribution is 2.33. The summed E-state index contributed by atoms with van der Waals surface area (Å²) in [5, 5.41) is 3.62. The molecule has 0 spiro atoms. The second-order valence-electron chi connectivity index (χ2n) is 6.15. The van der Waals surface area contributed by atoms with Crippen LogP contribution in [-0.2, 0) is 6.42 Å². The molecule has 104 valence electrons. The molecule has 0 saturated heterocycles. The van der Waals surface area contributed by atoms with Crippen LogP contribution in [0.3, 0.4) is 0 Å². The highest BCUT2D eigenvalue weighted by atomic mass is 19.1. The summed E-state index contributed by atoms with van der Waals surface area (Å²) in [6, 6.07) is 5.89. The predicted molar refractivity (Wildman–Crippen MR) is 76.7 cm³/mol. The van der Waals surface area contributed by atoms with E-state index >= 15 is 0 Å². The van der Waals surface area contributed by atoms with Crippen LogP contribution in [-0.4, -0.2) is 6.54 Å². The van der Waals surface area contributed by atoms with E-state index in [0.717, 1.165) is 30.9 Å². The Labute approximate surface area is 115 Å². The SMILES string of the molecule is Fc1cccc2c1CCC2NCCCC1CCCC1. The summed E-state index contributed by atoms with van der Waals surface area (Å²) in [4.78, 5) is 0. The molecule has 1 saturated carbocycles. The third kappa shape index (κ3) is 3.00. The lowest BCUT2D eigenvalue weighted by Crippen LogP contribution is -2.20. The van der Waals surface area contributed by atoms with Crippen molar-refractivity contribution in [2.24, 2.45) is 5.92 Å². The van der Waals surface area contributed by atoms with Crippen molar-refractivity contribution >= 4 is 0 Å². The molecular formula is C17H24FN. The van der Waals surface area contributed by atoms with Gasteiger partial charge in [-0.2, -0.15) is 0 Å². The topological polar surface area (TPSA) is 12.0 Å². The van der Waals surface area contributed by atoms with Crippen molar-refractivity contribution in [3.63, 3.8) is 0 Å². The Kier molecular flexibility index (Phi) is 4.17. The van der Waals surface area contributed by atoms with E-state index in [4.69, 9.17) is 0 Å². The van der Waals surface area contributed by atoms with Crippen molar-refractivity contribution in [3.8, 4) is 0 Å². The van der Waals surface area contributed by atoms with E-state index in [0.29, 0.717) is 6.04 Å². The normalized spacial score (nSPS) is 22.9. The fraction of sp³-hybridized carbons (Fsp3) is 0.647. The molecule has 3 rings (SSSR count). The Morgan fingerprint density at radius 1 is 1.16 bits per heavy atom. The van der Waals surface area contributed by atoms with Gasteiger partial charge in [-0.3, -0.25) is 0 Å². The molecule has 0 aromatic heterocycles. The van der Waals surface area contributed by atoms with Crippen LogP contribution in [0.2, 0.25) is 0 Å². The van der Waals surface area contributed by atoms with Gasteiger partial charge in [0.15, 0.2) is 0 Å². The maximum Gasteiger partial charge on any atom is 0.126 e. The largest absolute Gasteiger partial charge is 0.310 e. The van der Waals surface area contributed by atoms with Gasteiger partial charge in [0, 0.05) is 6.04 Å². The van der Waals surface area contributed by atoms with Gasteiger partial charge in [-0.15, -0.1) is 0 Å². The monoisotopic (exact) mass is 261 g/mol. The molecule has 1 nitrogen and oxygen atoms in total. The average Bonchev–Trinajstić information content (AvgIpc) is 3.05. The molecule has 1 N–H and O–H groups in total. The fourth-order valence-corrected chi connectivity index (χ4v) is 3.79. The second-order valence-corrected chi connectivity index (χ2v) is 6.15. The van der Waals surface area contributed by atoms with Crippen molar-refractivity contribution in [1.82, 2.24) is 5.32 Å². The third-order valence-electron chi connectivity index (χ3n) is 4.87. The number of benzene rings is 1. The number of halogens is 1.